The average molecular weight is 577 g/mol. The second kappa shape index (κ2) is 9.36. The standard InChI is InChI=1S/C19H17I2NO4/c1-11-5-3-4-6-14(11)10-26-18-15(20)7-13(8-16(18)21)9-17(19(24)25)22-12(2)23/h3-9H,10H2,1-2H3,(H,22,23)(H,24,25). The molecule has 0 heterocycles. The molecule has 0 spiro atoms. The van der Waals surface area contributed by atoms with Gasteiger partial charge in [-0.3, -0.25) is 4.79 Å². The van der Waals surface area contributed by atoms with Crippen molar-refractivity contribution < 1.29 is 19.4 Å². The Morgan fingerprint density at radius 3 is 2.35 bits per heavy atom. The molecule has 2 rings (SSSR count). The zero-order chi connectivity index (χ0) is 19.3. The number of aryl methyl sites for hydroxylation is 1. The normalized spacial score (nSPS) is 11.2. The largest absolute Gasteiger partial charge is 0.487 e. The molecule has 0 aliphatic carbocycles. The first-order valence-corrected chi connectivity index (χ1v) is 9.82. The summed E-state index contributed by atoms with van der Waals surface area (Å²) in [6.45, 7) is 3.77. The predicted octanol–water partition coefficient (Wildman–Crippen LogP) is 4.34. The Balaban J connectivity index is 2.26. The number of carbonyl (C=O) groups excluding carboxylic acids is 1. The molecule has 1 amide bonds. The number of nitrogens with one attached hydrogen (secondary N) is 1. The molecule has 136 valence electrons. The quantitative estimate of drug-likeness (QED) is 0.396. The van der Waals surface area contributed by atoms with E-state index in [4.69, 9.17) is 4.74 Å². The molecule has 26 heavy (non-hydrogen) atoms. The van der Waals surface area contributed by atoms with Crippen LogP contribution in [0.5, 0.6) is 5.75 Å². The molecule has 0 fully saturated rings. The van der Waals surface area contributed by atoms with E-state index in [9.17, 15) is 14.7 Å². The van der Waals surface area contributed by atoms with Gasteiger partial charge in [0.25, 0.3) is 0 Å². The molecule has 0 bridgehead atoms. The molecule has 0 saturated carbocycles. The summed E-state index contributed by atoms with van der Waals surface area (Å²) in [5.41, 5.74) is 2.78. The fraction of sp³-hybridized carbons (Fsp3) is 0.158. The molecule has 7 heteroatoms. The van der Waals surface area contributed by atoms with Crippen molar-refractivity contribution in [3.63, 3.8) is 0 Å². The van der Waals surface area contributed by atoms with Crippen LogP contribution in [0.4, 0.5) is 0 Å². The highest BCUT2D eigenvalue weighted by Gasteiger charge is 2.13. The van der Waals surface area contributed by atoms with Crippen LogP contribution >= 0.6 is 45.2 Å². The third-order valence-electron chi connectivity index (χ3n) is 3.51. The first-order chi connectivity index (χ1) is 12.3. The van der Waals surface area contributed by atoms with Crippen LogP contribution in [0.25, 0.3) is 6.08 Å². The molecule has 0 atom stereocenters. The number of halogens is 2. The molecule has 0 saturated heterocycles. The lowest BCUT2D eigenvalue weighted by molar-refractivity contribution is -0.134. The number of hydrogen-bond donors (Lipinski definition) is 2. The van der Waals surface area contributed by atoms with E-state index in [1.807, 2.05) is 43.3 Å². The fourth-order valence-corrected chi connectivity index (χ4v) is 4.36. The van der Waals surface area contributed by atoms with Gasteiger partial charge in [0.05, 0.1) is 7.14 Å². The van der Waals surface area contributed by atoms with Crippen molar-refractivity contribution in [2.45, 2.75) is 20.5 Å². The number of aliphatic carboxylic acids is 1. The van der Waals surface area contributed by atoms with E-state index in [1.165, 1.54) is 18.6 Å². The van der Waals surface area contributed by atoms with Crippen LogP contribution in [0.15, 0.2) is 42.1 Å². The molecule has 2 aromatic carbocycles. The summed E-state index contributed by atoms with van der Waals surface area (Å²) >= 11 is 4.32. The molecule has 0 aliphatic heterocycles. The summed E-state index contributed by atoms with van der Waals surface area (Å²) in [4.78, 5) is 22.4. The number of amides is 1. The van der Waals surface area contributed by atoms with Gasteiger partial charge in [0.1, 0.15) is 18.1 Å². The van der Waals surface area contributed by atoms with Crippen LogP contribution < -0.4 is 10.1 Å². The van der Waals surface area contributed by atoms with Crippen molar-refractivity contribution in [3.8, 4) is 5.75 Å². The Bertz CT molecular complexity index is 855. The van der Waals surface area contributed by atoms with E-state index in [0.29, 0.717) is 12.2 Å². The third-order valence-corrected chi connectivity index (χ3v) is 5.11. The number of carbonyl (C=O) groups is 2. The van der Waals surface area contributed by atoms with E-state index in [0.717, 1.165) is 18.5 Å². The second-order valence-electron chi connectivity index (χ2n) is 5.57. The SMILES string of the molecule is CC(=O)NC(=Cc1cc(I)c(OCc2ccccc2C)c(I)c1)C(=O)O. The Hall–Kier alpha value is -1.62. The van der Waals surface area contributed by atoms with Crippen molar-refractivity contribution in [2.24, 2.45) is 0 Å². The summed E-state index contributed by atoms with van der Waals surface area (Å²) in [7, 11) is 0. The number of carboxylic acid groups (broad SMARTS) is 1. The van der Waals surface area contributed by atoms with Crippen molar-refractivity contribution in [3.05, 3.63) is 65.9 Å². The van der Waals surface area contributed by atoms with Gasteiger partial charge in [-0.15, -0.1) is 0 Å². The minimum atomic E-state index is -1.19. The van der Waals surface area contributed by atoms with Crippen LogP contribution in [0.1, 0.15) is 23.6 Å². The zero-order valence-corrected chi connectivity index (χ0v) is 18.5. The molecule has 2 N–H and O–H groups in total. The van der Waals surface area contributed by atoms with Crippen LogP contribution in [-0.4, -0.2) is 17.0 Å². The van der Waals surface area contributed by atoms with Crippen molar-refractivity contribution in [1.29, 1.82) is 0 Å². The van der Waals surface area contributed by atoms with E-state index in [-0.39, 0.29) is 5.70 Å². The second-order valence-corrected chi connectivity index (χ2v) is 7.90. The number of rotatable bonds is 6. The maximum Gasteiger partial charge on any atom is 0.352 e. The van der Waals surface area contributed by atoms with E-state index in [2.05, 4.69) is 50.5 Å². The van der Waals surface area contributed by atoms with Gasteiger partial charge in [0.15, 0.2) is 0 Å². The Kier molecular flexibility index (Phi) is 7.44. The summed E-state index contributed by atoms with van der Waals surface area (Å²) in [6, 6.07) is 11.7. The smallest absolute Gasteiger partial charge is 0.352 e. The lowest BCUT2D eigenvalue weighted by Gasteiger charge is -2.13. The van der Waals surface area contributed by atoms with E-state index in [1.54, 1.807) is 0 Å². The van der Waals surface area contributed by atoms with Crippen LogP contribution in [0, 0.1) is 14.1 Å². The van der Waals surface area contributed by atoms with E-state index >= 15 is 0 Å². The van der Waals surface area contributed by atoms with Gasteiger partial charge in [-0.25, -0.2) is 4.79 Å². The Morgan fingerprint density at radius 1 is 1.19 bits per heavy atom. The van der Waals surface area contributed by atoms with Crippen molar-refractivity contribution in [1.82, 2.24) is 5.32 Å². The highest BCUT2D eigenvalue weighted by molar-refractivity contribution is 14.1. The monoisotopic (exact) mass is 577 g/mol. The summed E-state index contributed by atoms with van der Waals surface area (Å²) < 4.78 is 7.71. The topological polar surface area (TPSA) is 75.6 Å². The minimum absolute atomic E-state index is 0.169. The van der Waals surface area contributed by atoms with E-state index < -0.39 is 11.9 Å². The van der Waals surface area contributed by atoms with Crippen LogP contribution in [0.3, 0.4) is 0 Å². The third kappa shape index (κ3) is 5.70. The van der Waals surface area contributed by atoms with Crippen LogP contribution in [0.2, 0.25) is 0 Å². The number of ether oxygens (including phenoxy) is 1. The number of benzene rings is 2. The summed E-state index contributed by atoms with van der Waals surface area (Å²) in [5.74, 6) is -0.866. The molecule has 0 aromatic heterocycles. The molecule has 0 aliphatic rings. The van der Waals surface area contributed by atoms with Gasteiger partial charge in [0.2, 0.25) is 5.91 Å². The minimum Gasteiger partial charge on any atom is -0.487 e. The van der Waals surface area contributed by atoms with Crippen molar-refractivity contribution in [2.75, 3.05) is 0 Å². The van der Waals surface area contributed by atoms with Gasteiger partial charge in [0, 0.05) is 6.92 Å². The van der Waals surface area contributed by atoms with Gasteiger partial charge < -0.3 is 15.2 Å². The molecular weight excluding hydrogens is 560 g/mol. The van der Waals surface area contributed by atoms with Crippen LogP contribution in [-0.2, 0) is 16.2 Å². The lowest BCUT2D eigenvalue weighted by atomic mass is 10.1. The molecule has 5 nitrogen and oxygen atoms in total. The number of hydrogen-bond acceptors (Lipinski definition) is 3. The van der Waals surface area contributed by atoms with Gasteiger partial charge >= 0.3 is 5.97 Å². The van der Waals surface area contributed by atoms with Gasteiger partial charge in [-0.1, -0.05) is 24.3 Å². The first kappa shape index (κ1) is 20.7. The molecule has 0 radical (unpaired) electrons. The maximum atomic E-state index is 11.3. The van der Waals surface area contributed by atoms with Gasteiger partial charge in [-0.2, -0.15) is 0 Å². The van der Waals surface area contributed by atoms with Gasteiger partial charge in [-0.05, 0) is 87.0 Å². The maximum absolute atomic E-state index is 11.3. The zero-order valence-electron chi connectivity index (χ0n) is 14.2. The molecular formula is C19H17I2NO4. The fourth-order valence-electron chi connectivity index (χ4n) is 2.23. The molecule has 0 unspecified atom stereocenters. The summed E-state index contributed by atoms with van der Waals surface area (Å²) in [6.07, 6.45) is 1.43. The van der Waals surface area contributed by atoms with Crippen molar-refractivity contribution >= 4 is 63.1 Å². The highest BCUT2D eigenvalue weighted by Crippen LogP contribution is 2.30. The Morgan fingerprint density at radius 2 is 1.81 bits per heavy atom. The summed E-state index contributed by atoms with van der Waals surface area (Å²) in [5, 5.41) is 11.5. The highest BCUT2D eigenvalue weighted by atomic mass is 127. The average Bonchev–Trinajstić information content (AvgIpc) is 2.54. The first-order valence-electron chi connectivity index (χ1n) is 7.67. The predicted molar refractivity (Wildman–Crippen MR) is 117 cm³/mol. The Labute approximate surface area is 179 Å². The number of carboxylic acids is 1. The molecule has 2 aromatic rings. The lowest BCUT2D eigenvalue weighted by Crippen LogP contribution is -2.24.